The molecule has 2 aromatic heterocycles. The van der Waals surface area contributed by atoms with Gasteiger partial charge >= 0.3 is 0 Å². The first-order valence-corrected chi connectivity index (χ1v) is 9.07. The lowest BCUT2D eigenvalue weighted by Gasteiger charge is -2.13. The van der Waals surface area contributed by atoms with E-state index in [1.807, 2.05) is 29.7 Å². The van der Waals surface area contributed by atoms with Crippen molar-refractivity contribution in [2.45, 2.75) is 13.0 Å². The van der Waals surface area contributed by atoms with Gasteiger partial charge in [-0.3, -0.25) is 9.56 Å². The molecule has 5 nitrogen and oxygen atoms in total. The molecule has 1 aliphatic heterocycles. The Kier molecular flexibility index (Phi) is 3.88. The highest BCUT2D eigenvalue weighted by Crippen LogP contribution is 2.36. The van der Waals surface area contributed by atoms with Crippen molar-refractivity contribution in [3.05, 3.63) is 89.6 Å². The first kappa shape index (κ1) is 17.1. The molecule has 0 radical (unpaired) electrons. The summed E-state index contributed by atoms with van der Waals surface area (Å²) in [6.45, 7) is 1.95. The van der Waals surface area contributed by atoms with Crippen LogP contribution in [0.3, 0.4) is 0 Å². The summed E-state index contributed by atoms with van der Waals surface area (Å²) in [6.07, 6.45) is 10.3. The van der Waals surface area contributed by atoms with Gasteiger partial charge in [0.2, 0.25) is 0 Å². The number of oxazole rings is 1. The molecule has 5 rings (SSSR count). The smallest absolute Gasteiger partial charge is 0.181 e. The van der Waals surface area contributed by atoms with E-state index in [2.05, 4.69) is 15.9 Å². The van der Waals surface area contributed by atoms with Gasteiger partial charge in [0.15, 0.2) is 12.2 Å². The van der Waals surface area contributed by atoms with Gasteiger partial charge in [-0.05, 0) is 37.3 Å². The molecule has 0 spiro atoms. The highest BCUT2D eigenvalue weighted by molar-refractivity contribution is 6.15. The molecule has 4 aromatic rings. The van der Waals surface area contributed by atoms with Crippen molar-refractivity contribution < 1.29 is 8.81 Å². The van der Waals surface area contributed by atoms with Gasteiger partial charge in [0.05, 0.1) is 29.3 Å². The highest BCUT2D eigenvalue weighted by atomic mass is 19.1. The Labute approximate surface area is 166 Å². The molecule has 0 unspecified atom stereocenters. The molecule has 0 bridgehead atoms. The number of aromatic nitrogens is 3. The topological polar surface area (TPSA) is 56.2 Å². The molecule has 29 heavy (non-hydrogen) atoms. The summed E-state index contributed by atoms with van der Waals surface area (Å²) in [5.74, 6) is 2.87. The van der Waals surface area contributed by atoms with Crippen molar-refractivity contribution in [1.82, 2.24) is 14.5 Å². The molecule has 0 aliphatic carbocycles. The van der Waals surface area contributed by atoms with Gasteiger partial charge in [-0.2, -0.15) is 0 Å². The number of fused-ring (bicyclic) bond motifs is 3. The van der Waals surface area contributed by atoms with E-state index in [0.717, 1.165) is 16.9 Å². The molecule has 140 valence electrons. The van der Waals surface area contributed by atoms with Gasteiger partial charge in [-0.1, -0.05) is 18.1 Å². The van der Waals surface area contributed by atoms with Crippen LogP contribution in [-0.4, -0.2) is 20.2 Å². The predicted octanol–water partition coefficient (Wildman–Crippen LogP) is 4.56. The quantitative estimate of drug-likeness (QED) is 0.478. The summed E-state index contributed by atoms with van der Waals surface area (Å²) in [5, 5.41) is 0. The highest BCUT2D eigenvalue weighted by Gasteiger charge is 2.28. The lowest BCUT2D eigenvalue weighted by atomic mass is 9.98. The Morgan fingerprint density at radius 1 is 1.17 bits per heavy atom. The molecule has 1 aliphatic rings. The fourth-order valence-electron chi connectivity index (χ4n) is 3.69. The number of hydrogen-bond donors (Lipinski definition) is 0. The molecule has 2 aromatic carbocycles. The Hall–Kier alpha value is -3.98. The normalized spacial score (nSPS) is 15.1. The van der Waals surface area contributed by atoms with Crippen LogP contribution in [0, 0.1) is 18.2 Å². The summed E-state index contributed by atoms with van der Waals surface area (Å²) >= 11 is 0. The fraction of sp³-hybridized carbons (Fsp3) is 0.0870. The average molecular weight is 382 g/mol. The second-order valence-electron chi connectivity index (χ2n) is 6.72. The van der Waals surface area contributed by atoms with Crippen LogP contribution in [0.25, 0.3) is 17.1 Å². The van der Waals surface area contributed by atoms with E-state index in [1.165, 1.54) is 12.5 Å². The third kappa shape index (κ3) is 2.67. The van der Waals surface area contributed by atoms with Crippen LogP contribution in [0.5, 0.6) is 0 Å². The SMILES string of the molecule is C#Cc1ccc2c(c1)C(c1ccccc1F)=N[C@H](C)c1c(-c3cnco3)ncn1-2. The van der Waals surface area contributed by atoms with Crippen molar-refractivity contribution in [2.75, 3.05) is 0 Å². The molecule has 1 atom stereocenters. The third-order valence-corrected chi connectivity index (χ3v) is 5.00. The van der Waals surface area contributed by atoms with Crippen molar-refractivity contribution in [3.8, 4) is 29.5 Å². The largest absolute Gasteiger partial charge is 0.442 e. The molecule has 0 N–H and O–H groups in total. The lowest BCUT2D eigenvalue weighted by molar-refractivity contribution is 0.568. The van der Waals surface area contributed by atoms with Crippen LogP contribution in [0.1, 0.15) is 35.3 Å². The molecular formula is C23H15FN4O. The van der Waals surface area contributed by atoms with Crippen LogP contribution < -0.4 is 0 Å². The predicted molar refractivity (Wildman–Crippen MR) is 107 cm³/mol. The zero-order valence-electron chi connectivity index (χ0n) is 15.5. The summed E-state index contributed by atoms with van der Waals surface area (Å²) in [6, 6.07) is 11.9. The van der Waals surface area contributed by atoms with E-state index in [-0.39, 0.29) is 11.9 Å². The maximum absolute atomic E-state index is 14.7. The maximum atomic E-state index is 14.7. The number of hydrogen-bond acceptors (Lipinski definition) is 4. The lowest BCUT2D eigenvalue weighted by Crippen LogP contribution is -2.09. The standard InChI is InChI=1S/C23H15FN4O/c1-3-15-8-9-19-17(10-15)21(16-6-4-5-7-18(16)24)27-14(2)23-22(26-12-28(19)23)20-11-25-13-29-20/h1,4-14H,2H3/t14-/m1/s1. The second-order valence-corrected chi connectivity index (χ2v) is 6.72. The van der Waals surface area contributed by atoms with Gasteiger partial charge in [0, 0.05) is 16.7 Å². The second kappa shape index (κ2) is 6.57. The van der Waals surface area contributed by atoms with Crippen molar-refractivity contribution >= 4 is 5.71 Å². The number of nitrogens with zero attached hydrogens (tertiary/aromatic N) is 4. The molecule has 0 saturated heterocycles. The number of terminal acetylenes is 1. The number of benzene rings is 2. The van der Waals surface area contributed by atoms with E-state index in [0.29, 0.717) is 28.3 Å². The zero-order valence-corrected chi connectivity index (χ0v) is 15.5. The van der Waals surface area contributed by atoms with Crippen LogP contribution in [0.4, 0.5) is 4.39 Å². The Morgan fingerprint density at radius 2 is 2.03 bits per heavy atom. The third-order valence-electron chi connectivity index (χ3n) is 5.00. The van der Waals surface area contributed by atoms with Crippen LogP contribution >= 0.6 is 0 Å². The summed E-state index contributed by atoms with van der Waals surface area (Å²) < 4.78 is 22.1. The van der Waals surface area contributed by atoms with Crippen LogP contribution in [0.15, 0.2) is 70.8 Å². The van der Waals surface area contributed by atoms with Gasteiger partial charge < -0.3 is 4.42 Å². The molecular weight excluding hydrogens is 367 g/mol. The van der Waals surface area contributed by atoms with E-state index < -0.39 is 0 Å². The zero-order chi connectivity index (χ0) is 20.0. The number of rotatable bonds is 2. The first-order valence-electron chi connectivity index (χ1n) is 9.07. The summed E-state index contributed by atoms with van der Waals surface area (Å²) in [7, 11) is 0. The van der Waals surface area contributed by atoms with E-state index in [4.69, 9.17) is 15.8 Å². The minimum absolute atomic E-state index is 0.311. The maximum Gasteiger partial charge on any atom is 0.181 e. The molecule has 6 heteroatoms. The van der Waals surface area contributed by atoms with Crippen LogP contribution in [-0.2, 0) is 0 Å². The van der Waals surface area contributed by atoms with Crippen molar-refractivity contribution in [2.24, 2.45) is 4.99 Å². The number of halogens is 1. The number of imidazole rings is 1. The molecule has 0 fully saturated rings. The Morgan fingerprint density at radius 3 is 2.79 bits per heavy atom. The minimum Gasteiger partial charge on any atom is -0.442 e. The van der Waals surface area contributed by atoms with Gasteiger partial charge in [0.25, 0.3) is 0 Å². The fourth-order valence-corrected chi connectivity index (χ4v) is 3.69. The Balaban J connectivity index is 1.83. The van der Waals surface area contributed by atoms with Gasteiger partial charge in [-0.25, -0.2) is 14.4 Å². The van der Waals surface area contributed by atoms with Crippen LogP contribution in [0.2, 0.25) is 0 Å². The van der Waals surface area contributed by atoms with Crippen molar-refractivity contribution in [1.29, 1.82) is 0 Å². The van der Waals surface area contributed by atoms with Gasteiger partial charge in [0.1, 0.15) is 17.8 Å². The van der Waals surface area contributed by atoms with E-state index in [9.17, 15) is 4.39 Å². The summed E-state index contributed by atoms with van der Waals surface area (Å²) in [5.41, 5.74) is 4.73. The van der Waals surface area contributed by atoms with Crippen molar-refractivity contribution in [3.63, 3.8) is 0 Å². The van der Waals surface area contributed by atoms with E-state index in [1.54, 1.807) is 30.7 Å². The monoisotopic (exact) mass is 382 g/mol. The first-order chi connectivity index (χ1) is 14.2. The molecule has 3 heterocycles. The van der Waals surface area contributed by atoms with E-state index >= 15 is 0 Å². The molecule has 0 saturated carbocycles. The average Bonchev–Trinajstić information content (AvgIpc) is 3.39. The number of aliphatic imine (C=N–C) groups is 1. The summed E-state index contributed by atoms with van der Waals surface area (Å²) in [4.78, 5) is 13.4. The minimum atomic E-state index is -0.337. The Bertz CT molecular complexity index is 1290. The van der Waals surface area contributed by atoms with Gasteiger partial charge in [-0.15, -0.1) is 6.42 Å². The molecule has 0 amide bonds.